The average Bonchev–Trinajstić information content (AvgIpc) is 2.58. The van der Waals surface area contributed by atoms with E-state index >= 15 is 0 Å². The number of allylic oxidation sites excluding steroid dienone is 1. The first-order valence-electron chi connectivity index (χ1n) is 8.65. The molecule has 0 aromatic heterocycles. The highest BCUT2D eigenvalue weighted by molar-refractivity contribution is 6.18. The Bertz CT molecular complexity index is 691. The lowest BCUT2D eigenvalue weighted by molar-refractivity contribution is -0.394. The fourth-order valence-electron chi connectivity index (χ4n) is 3.05. The lowest BCUT2D eigenvalue weighted by atomic mass is 9.88. The van der Waals surface area contributed by atoms with E-state index in [2.05, 4.69) is 6.92 Å². The zero-order valence-electron chi connectivity index (χ0n) is 15.2. The Balaban J connectivity index is 3.62. The van der Waals surface area contributed by atoms with Crippen LogP contribution in [-0.4, -0.2) is 20.9 Å². The number of carboxylic acid groups (broad SMARTS) is 1. The minimum atomic E-state index is -1.44. The molecule has 0 aliphatic rings. The first-order valence-corrected chi connectivity index (χ1v) is 8.65. The number of unbranched alkanes of at least 4 members (excludes halogenated alkanes) is 2. The van der Waals surface area contributed by atoms with Crippen molar-refractivity contribution in [2.24, 2.45) is 0 Å². The first-order chi connectivity index (χ1) is 12.3. The van der Waals surface area contributed by atoms with E-state index < -0.39 is 38.3 Å². The number of aliphatic carboxylic acids is 1. The molecule has 0 saturated carbocycles. The van der Waals surface area contributed by atoms with E-state index in [0.717, 1.165) is 31.8 Å². The van der Waals surface area contributed by atoms with Gasteiger partial charge in [-0.25, -0.2) is 4.79 Å². The molecule has 26 heavy (non-hydrogen) atoms. The lowest BCUT2D eigenvalue weighted by Gasteiger charge is -2.16. The van der Waals surface area contributed by atoms with Crippen molar-refractivity contribution in [3.8, 4) is 0 Å². The number of nitro groups is 2. The van der Waals surface area contributed by atoms with Crippen molar-refractivity contribution >= 4 is 22.9 Å². The molecule has 0 bridgehead atoms. The van der Waals surface area contributed by atoms with Crippen LogP contribution in [0.2, 0.25) is 0 Å². The van der Waals surface area contributed by atoms with Gasteiger partial charge in [-0.2, -0.15) is 0 Å². The number of carboxylic acids is 1. The molecule has 0 amide bonds. The normalized spacial score (nSPS) is 12.7. The Labute approximate surface area is 151 Å². The predicted octanol–water partition coefficient (Wildman–Crippen LogP) is 5.06. The summed E-state index contributed by atoms with van der Waals surface area (Å²) in [4.78, 5) is 33.0. The average molecular weight is 364 g/mol. The highest BCUT2D eigenvalue weighted by Gasteiger charge is 2.33. The summed E-state index contributed by atoms with van der Waals surface area (Å²) in [5, 5.41) is 32.3. The number of hydrogen-bond donors (Lipinski definition) is 1. The van der Waals surface area contributed by atoms with Crippen molar-refractivity contribution in [2.75, 3.05) is 0 Å². The van der Waals surface area contributed by atoms with Crippen LogP contribution >= 0.6 is 0 Å². The van der Waals surface area contributed by atoms with Crippen LogP contribution in [-0.2, 0) is 4.79 Å². The standard InChI is InChI=1S/C18H24N2O6/c1-4-7-8-9-12(5-2)13-10-15(19(23)24)17(14(6-3)18(21)22)16(11-13)20(25)26/h6,10-12H,4-5,7-9H2,1-3H3,(H,21,22)/b14-6+. The summed E-state index contributed by atoms with van der Waals surface area (Å²) in [6.07, 6.45) is 5.56. The number of benzene rings is 1. The number of hydrogen-bond acceptors (Lipinski definition) is 5. The second-order valence-corrected chi connectivity index (χ2v) is 6.06. The van der Waals surface area contributed by atoms with Gasteiger partial charge < -0.3 is 5.11 Å². The zero-order chi connectivity index (χ0) is 19.9. The highest BCUT2D eigenvalue weighted by atomic mass is 16.6. The Hall–Kier alpha value is -2.77. The minimum absolute atomic E-state index is 0.0492. The SMILES string of the molecule is C/C=C(/C(=O)O)c1c([N+](=O)[O-])cc(C(CC)CCCCC)cc1[N+](=O)[O-]. The Kier molecular flexibility index (Phi) is 7.89. The van der Waals surface area contributed by atoms with Crippen molar-refractivity contribution in [3.63, 3.8) is 0 Å². The van der Waals surface area contributed by atoms with E-state index in [1.165, 1.54) is 19.1 Å². The van der Waals surface area contributed by atoms with E-state index in [9.17, 15) is 30.1 Å². The third-order valence-electron chi connectivity index (χ3n) is 4.42. The molecule has 0 fully saturated rings. The lowest BCUT2D eigenvalue weighted by Crippen LogP contribution is -2.09. The largest absolute Gasteiger partial charge is 0.478 e. The highest BCUT2D eigenvalue weighted by Crippen LogP contribution is 2.39. The Morgan fingerprint density at radius 3 is 2.04 bits per heavy atom. The van der Waals surface area contributed by atoms with Gasteiger partial charge >= 0.3 is 5.97 Å². The molecular formula is C18H24N2O6. The van der Waals surface area contributed by atoms with Gasteiger partial charge in [0.2, 0.25) is 0 Å². The summed E-state index contributed by atoms with van der Waals surface area (Å²) in [5.74, 6) is -1.49. The zero-order valence-corrected chi connectivity index (χ0v) is 15.2. The van der Waals surface area contributed by atoms with Gasteiger partial charge in [0.25, 0.3) is 11.4 Å². The maximum atomic E-state index is 11.5. The van der Waals surface area contributed by atoms with E-state index in [-0.39, 0.29) is 5.92 Å². The fourth-order valence-corrected chi connectivity index (χ4v) is 3.05. The third kappa shape index (κ3) is 4.87. The summed E-state index contributed by atoms with van der Waals surface area (Å²) in [6, 6.07) is 2.57. The molecule has 142 valence electrons. The van der Waals surface area contributed by atoms with E-state index in [1.54, 1.807) is 0 Å². The molecule has 0 spiro atoms. The van der Waals surface area contributed by atoms with Crippen molar-refractivity contribution in [3.05, 3.63) is 49.6 Å². The van der Waals surface area contributed by atoms with Crippen molar-refractivity contribution in [1.29, 1.82) is 0 Å². The summed E-state index contributed by atoms with van der Waals surface area (Å²) in [7, 11) is 0. The third-order valence-corrected chi connectivity index (χ3v) is 4.42. The van der Waals surface area contributed by atoms with Gasteiger partial charge in [0.1, 0.15) is 5.56 Å². The second kappa shape index (κ2) is 9.65. The van der Waals surface area contributed by atoms with Gasteiger partial charge in [0, 0.05) is 12.1 Å². The molecule has 1 aromatic carbocycles. The van der Waals surface area contributed by atoms with Crippen molar-refractivity contribution < 1.29 is 19.7 Å². The van der Waals surface area contributed by atoms with Crippen LogP contribution in [0.1, 0.15) is 69.9 Å². The van der Waals surface area contributed by atoms with Gasteiger partial charge in [0.15, 0.2) is 0 Å². The van der Waals surface area contributed by atoms with Crippen LogP contribution in [0.5, 0.6) is 0 Å². The second-order valence-electron chi connectivity index (χ2n) is 6.06. The van der Waals surface area contributed by atoms with Crippen LogP contribution in [0.25, 0.3) is 5.57 Å². The van der Waals surface area contributed by atoms with Gasteiger partial charge in [-0.05, 0) is 31.2 Å². The molecule has 0 saturated heterocycles. The Morgan fingerprint density at radius 1 is 1.15 bits per heavy atom. The molecule has 0 radical (unpaired) electrons. The van der Waals surface area contributed by atoms with Crippen molar-refractivity contribution in [1.82, 2.24) is 0 Å². The number of nitro benzene ring substituents is 2. The molecule has 0 aliphatic carbocycles. The summed E-state index contributed by atoms with van der Waals surface area (Å²) in [5.41, 5.74) is -1.49. The number of nitrogens with zero attached hydrogens (tertiary/aromatic N) is 2. The summed E-state index contributed by atoms with van der Waals surface area (Å²) >= 11 is 0. The quantitative estimate of drug-likeness (QED) is 0.268. The van der Waals surface area contributed by atoms with E-state index in [1.807, 2.05) is 6.92 Å². The molecule has 0 aliphatic heterocycles. The smallest absolute Gasteiger partial charge is 0.336 e. The van der Waals surface area contributed by atoms with Crippen LogP contribution in [0.4, 0.5) is 11.4 Å². The van der Waals surface area contributed by atoms with Crippen LogP contribution < -0.4 is 0 Å². The maximum absolute atomic E-state index is 11.5. The van der Waals surface area contributed by atoms with Gasteiger partial charge in [-0.15, -0.1) is 0 Å². The number of carbonyl (C=O) groups is 1. The molecule has 1 unspecified atom stereocenters. The molecule has 8 heteroatoms. The van der Waals surface area contributed by atoms with Gasteiger partial charge in [0.05, 0.1) is 15.4 Å². The van der Waals surface area contributed by atoms with Crippen LogP contribution in [0.3, 0.4) is 0 Å². The predicted molar refractivity (Wildman–Crippen MR) is 98.2 cm³/mol. The Morgan fingerprint density at radius 2 is 1.69 bits per heavy atom. The molecule has 1 N–H and O–H groups in total. The summed E-state index contributed by atoms with van der Waals surface area (Å²) < 4.78 is 0. The monoisotopic (exact) mass is 364 g/mol. The van der Waals surface area contributed by atoms with Crippen LogP contribution in [0.15, 0.2) is 18.2 Å². The molecule has 8 nitrogen and oxygen atoms in total. The maximum Gasteiger partial charge on any atom is 0.336 e. The van der Waals surface area contributed by atoms with Crippen molar-refractivity contribution in [2.45, 2.75) is 58.8 Å². The van der Waals surface area contributed by atoms with Gasteiger partial charge in [-0.3, -0.25) is 20.2 Å². The molecule has 1 aromatic rings. The minimum Gasteiger partial charge on any atom is -0.478 e. The molecule has 0 heterocycles. The van der Waals surface area contributed by atoms with E-state index in [0.29, 0.717) is 12.0 Å². The van der Waals surface area contributed by atoms with Crippen LogP contribution in [0, 0.1) is 20.2 Å². The topological polar surface area (TPSA) is 124 Å². The molecule has 1 atom stereocenters. The fraction of sp³-hybridized carbons (Fsp3) is 0.500. The molecule has 1 rings (SSSR count). The first kappa shape index (κ1) is 21.3. The molecular weight excluding hydrogens is 340 g/mol. The van der Waals surface area contributed by atoms with Gasteiger partial charge in [-0.1, -0.05) is 39.2 Å². The van der Waals surface area contributed by atoms with E-state index in [4.69, 9.17) is 0 Å². The summed E-state index contributed by atoms with van der Waals surface area (Å²) in [6.45, 7) is 5.37. The number of rotatable bonds is 10.